The highest BCUT2D eigenvalue weighted by atomic mass is 16.5. The maximum atomic E-state index is 5.81. The van der Waals surface area contributed by atoms with E-state index in [4.69, 9.17) is 4.74 Å². The zero-order chi connectivity index (χ0) is 14.5. The molecule has 1 aromatic carbocycles. The molecule has 3 rings (SSSR count). The predicted molar refractivity (Wildman–Crippen MR) is 83.3 cm³/mol. The van der Waals surface area contributed by atoms with Crippen LogP contribution in [0.4, 0.5) is 0 Å². The normalized spacial score (nSPS) is 15.9. The fraction of sp³-hybridized carbons (Fsp3) is 0.412. The summed E-state index contributed by atoms with van der Waals surface area (Å²) in [5.74, 6) is 2.14. The van der Waals surface area contributed by atoms with Crippen LogP contribution in [0.5, 0.6) is 5.75 Å². The van der Waals surface area contributed by atoms with Gasteiger partial charge >= 0.3 is 0 Å². The number of nitrogens with one attached hydrogen (secondary N) is 1. The van der Waals surface area contributed by atoms with Gasteiger partial charge in [0.05, 0.1) is 19.0 Å². The Labute approximate surface area is 125 Å². The minimum absolute atomic E-state index is 0.641. The van der Waals surface area contributed by atoms with E-state index >= 15 is 0 Å². The zero-order valence-electron chi connectivity index (χ0n) is 12.4. The van der Waals surface area contributed by atoms with Gasteiger partial charge in [-0.25, -0.2) is 9.97 Å². The molecule has 0 radical (unpaired) electrons. The van der Waals surface area contributed by atoms with Gasteiger partial charge in [-0.05, 0) is 44.8 Å². The highest BCUT2D eigenvalue weighted by molar-refractivity contribution is 5.55. The third kappa shape index (κ3) is 3.79. The van der Waals surface area contributed by atoms with Crippen molar-refractivity contribution in [3.05, 3.63) is 42.2 Å². The van der Waals surface area contributed by atoms with Gasteiger partial charge in [-0.15, -0.1) is 0 Å². The molecule has 0 bridgehead atoms. The summed E-state index contributed by atoms with van der Waals surface area (Å²) in [6.07, 6.45) is 5.90. The number of piperidine rings is 1. The largest absolute Gasteiger partial charge is 0.490 e. The van der Waals surface area contributed by atoms with E-state index in [9.17, 15) is 0 Å². The summed E-state index contributed by atoms with van der Waals surface area (Å²) in [5, 5.41) is 3.36. The van der Waals surface area contributed by atoms with Crippen molar-refractivity contribution in [1.29, 1.82) is 0 Å². The molecule has 4 heteroatoms. The van der Waals surface area contributed by atoms with E-state index in [1.165, 1.54) is 18.4 Å². The van der Waals surface area contributed by atoms with E-state index in [0.29, 0.717) is 5.92 Å². The highest BCUT2D eigenvalue weighted by Gasteiger charge is 2.13. The van der Waals surface area contributed by atoms with Gasteiger partial charge in [0, 0.05) is 5.56 Å². The molecule has 2 heterocycles. The first-order chi connectivity index (χ1) is 10.3. The number of aromatic nitrogens is 2. The Morgan fingerprint density at radius 2 is 1.95 bits per heavy atom. The Kier molecular flexibility index (Phi) is 4.46. The molecule has 0 spiro atoms. The summed E-state index contributed by atoms with van der Waals surface area (Å²) < 4.78 is 5.81. The highest BCUT2D eigenvalue weighted by Crippen LogP contribution is 2.19. The lowest BCUT2D eigenvalue weighted by Crippen LogP contribution is -2.30. The number of aryl methyl sites for hydroxylation is 1. The van der Waals surface area contributed by atoms with Crippen LogP contribution in [0.1, 0.15) is 18.4 Å². The second-order valence-electron chi connectivity index (χ2n) is 5.62. The maximum Gasteiger partial charge on any atom is 0.159 e. The summed E-state index contributed by atoms with van der Waals surface area (Å²) in [7, 11) is 0. The van der Waals surface area contributed by atoms with Gasteiger partial charge in [0.25, 0.3) is 0 Å². The molecule has 0 aliphatic carbocycles. The quantitative estimate of drug-likeness (QED) is 0.937. The number of hydrogen-bond acceptors (Lipinski definition) is 4. The minimum Gasteiger partial charge on any atom is -0.490 e. The summed E-state index contributed by atoms with van der Waals surface area (Å²) in [6.45, 7) is 5.02. The zero-order valence-corrected chi connectivity index (χ0v) is 12.4. The molecule has 0 unspecified atom stereocenters. The number of hydrogen-bond donors (Lipinski definition) is 1. The van der Waals surface area contributed by atoms with Crippen molar-refractivity contribution in [1.82, 2.24) is 15.3 Å². The monoisotopic (exact) mass is 283 g/mol. The molecule has 0 amide bonds. The number of benzene rings is 1. The van der Waals surface area contributed by atoms with Crippen molar-refractivity contribution < 1.29 is 4.74 Å². The molecule has 1 fully saturated rings. The molecule has 1 aliphatic heterocycles. The van der Waals surface area contributed by atoms with Crippen molar-refractivity contribution in [2.24, 2.45) is 5.92 Å². The van der Waals surface area contributed by atoms with Gasteiger partial charge in [-0.2, -0.15) is 0 Å². The van der Waals surface area contributed by atoms with Crippen LogP contribution in [-0.2, 0) is 0 Å². The van der Waals surface area contributed by atoms with Crippen molar-refractivity contribution in [2.75, 3.05) is 19.7 Å². The minimum atomic E-state index is 0.641. The third-order valence-electron chi connectivity index (χ3n) is 3.85. The fourth-order valence-electron chi connectivity index (χ4n) is 2.59. The Bertz CT molecular complexity index is 577. The summed E-state index contributed by atoms with van der Waals surface area (Å²) >= 11 is 0. The van der Waals surface area contributed by atoms with E-state index in [1.807, 2.05) is 12.1 Å². The van der Waals surface area contributed by atoms with E-state index < -0.39 is 0 Å². The maximum absolute atomic E-state index is 5.81. The first kappa shape index (κ1) is 14.0. The van der Waals surface area contributed by atoms with Crippen LogP contribution in [0.2, 0.25) is 0 Å². The smallest absolute Gasteiger partial charge is 0.159 e. The second-order valence-corrected chi connectivity index (χ2v) is 5.62. The van der Waals surface area contributed by atoms with Crippen molar-refractivity contribution >= 4 is 0 Å². The molecule has 2 aromatic rings. The van der Waals surface area contributed by atoms with Crippen LogP contribution in [0.25, 0.3) is 11.4 Å². The molecule has 1 aromatic heterocycles. The average Bonchev–Trinajstić information content (AvgIpc) is 2.54. The SMILES string of the molecule is Cc1cccc(-c2ncc(OCC3CCNCC3)cn2)c1. The van der Waals surface area contributed by atoms with Crippen LogP contribution >= 0.6 is 0 Å². The lowest BCUT2D eigenvalue weighted by Gasteiger charge is -2.22. The van der Waals surface area contributed by atoms with Gasteiger partial charge in [0.15, 0.2) is 11.6 Å². The van der Waals surface area contributed by atoms with Gasteiger partial charge in [-0.3, -0.25) is 0 Å². The Morgan fingerprint density at radius 1 is 1.19 bits per heavy atom. The molecular weight excluding hydrogens is 262 g/mol. The molecule has 0 saturated carbocycles. The van der Waals surface area contributed by atoms with Crippen LogP contribution in [0, 0.1) is 12.8 Å². The van der Waals surface area contributed by atoms with Crippen molar-refractivity contribution in [3.8, 4) is 17.1 Å². The first-order valence-electron chi connectivity index (χ1n) is 7.54. The molecule has 110 valence electrons. The van der Waals surface area contributed by atoms with Crippen LogP contribution in [0.3, 0.4) is 0 Å². The van der Waals surface area contributed by atoms with E-state index in [-0.39, 0.29) is 0 Å². The van der Waals surface area contributed by atoms with E-state index in [0.717, 1.165) is 36.8 Å². The van der Waals surface area contributed by atoms with Crippen LogP contribution in [-0.4, -0.2) is 29.7 Å². The lowest BCUT2D eigenvalue weighted by molar-refractivity contribution is 0.214. The summed E-state index contributed by atoms with van der Waals surface area (Å²) in [5.41, 5.74) is 2.25. The standard InChI is InChI=1S/C17H21N3O/c1-13-3-2-4-15(9-13)17-19-10-16(11-20-17)21-12-14-5-7-18-8-6-14/h2-4,9-11,14,18H,5-8,12H2,1H3. The Morgan fingerprint density at radius 3 is 2.67 bits per heavy atom. The number of nitrogens with zero attached hydrogens (tertiary/aromatic N) is 2. The first-order valence-corrected chi connectivity index (χ1v) is 7.54. The Balaban J connectivity index is 1.61. The van der Waals surface area contributed by atoms with Crippen molar-refractivity contribution in [2.45, 2.75) is 19.8 Å². The molecule has 1 saturated heterocycles. The van der Waals surface area contributed by atoms with Gasteiger partial charge in [0.2, 0.25) is 0 Å². The van der Waals surface area contributed by atoms with Crippen LogP contribution in [0.15, 0.2) is 36.7 Å². The average molecular weight is 283 g/mol. The molecule has 1 aliphatic rings. The lowest BCUT2D eigenvalue weighted by atomic mass is 9.99. The Hall–Kier alpha value is -1.94. The van der Waals surface area contributed by atoms with E-state index in [1.54, 1.807) is 12.4 Å². The summed E-state index contributed by atoms with van der Waals surface area (Å²) in [6, 6.07) is 8.21. The van der Waals surface area contributed by atoms with Crippen molar-refractivity contribution in [3.63, 3.8) is 0 Å². The molecule has 0 atom stereocenters. The van der Waals surface area contributed by atoms with Gasteiger partial charge in [0.1, 0.15) is 0 Å². The van der Waals surface area contributed by atoms with Gasteiger partial charge < -0.3 is 10.1 Å². The summed E-state index contributed by atoms with van der Waals surface area (Å²) in [4.78, 5) is 8.81. The number of rotatable bonds is 4. The molecule has 1 N–H and O–H groups in total. The predicted octanol–water partition coefficient (Wildman–Crippen LogP) is 2.83. The third-order valence-corrected chi connectivity index (χ3v) is 3.85. The topological polar surface area (TPSA) is 47.0 Å². The second kappa shape index (κ2) is 6.68. The van der Waals surface area contributed by atoms with Gasteiger partial charge in [-0.1, -0.05) is 23.8 Å². The molecule has 4 nitrogen and oxygen atoms in total. The van der Waals surface area contributed by atoms with E-state index in [2.05, 4.69) is 34.3 Å². The number of ether oxygens (including phenoxy) is 1. The molecule has 21 heavy (non-hydrogen) atoms. The molecular formula is C17H21N3O. The van der Waals surface area contributed by atoms with Crippen LogP contribution < -0.4 is 10.1 Å². The fourth-order valence-corrected chi connectivity index (χ4v) is 2.59.